The Morgan fingerprint density at radius 1 is 0.574 bits per heavy atom. The molecule has 0 amide bonds. The molecule has 1 heterocycles. The summed E-state index contributed by atoms with van der Waals surface area (Å²) in [7, 11) is -0.858. The molecule has 0 atom stereocenters. The second-order valence-electron chi connectivity index (χ2n) is 14.0. The van der Waals surface area contributed by atoms with E-state index < -0.39 is 22.6 Å². The van der Waals surface area contributed by atoms with Gasteiger partial charge in [0.05, 0.1) is 0 Å². The molecule has 3 heteroatoms. The van der Waals surface area contributed by atoms with Crippen LogP contribution in [0.15, 0.2) is 146 Å². The summed E-state index contributed by atoms with van der Waals surface area (Å²) in [6.45, 7) is 14.1. The Kier molecular flexibility index (Phi) is 8.51. The summed E-state index contributed by atoms with van der Waals surface area (Å²) in [4.78, 5) is 0. The van der Waals surface area contributed by atoms with Crippen molar-refractivity contribution in [1.82, 2.24) is 0 Å². The Bertz CT molecular complexity index is 1930. The Morgan fingerprint density at radius 2 is 1.04 bits per heavy atom. The van der Waals surface area contributed by atoms with Crippen LogP contribution < -0.4 is 33.7 Å². The van der Waals surface area contributed by atoms with E-state index in [9.17, 15) is 0 Å². The molecule has 0 unspecified atom stereocenters. The quantitative estimate of drug-likeness (QED) is 0.127. The van der Waals surface area contributed by atoms with Gasteiger partial charge in [0, 0.05) is 0 Å². The average Bonchev–Trinajstić information content (AvgIpc) is 3.07. The first-order valence-corrected chi connectivity index (χ1v) is 20.6. The molecule has 0 saturated heterocycles. The van der Waals surface area contributed by atoms with Gasteiger partial charge in [-0.2, -0.15) is 0 Å². The van der Waals surface area contributed by atoms with Crippen LogP contribution in [0.3, 0.4) is 0 Å². The summed E-state index contributed by atoms with van der Waals surface area (Å²) in [6.07, 6.45) is 0. The van der Waals surface area contributed by atoms with Crippen LogP contribution in [0.5, 0.6) is 11.5 Å². The monoisotopic (exact) mass is 692 g/mol. The topological polar surface area (TPSA) is 9.23 Å². The molecule has 234 valence electrons. The summed E-state index contributed by atoms with van der Waals surface area (Å²) in [6, 6.07) is 54.0. The van der Waals surface area contributed by atoms with Gasteiger partial charge in [0.1, 0.15) is 0 Å². The van der Waals surface area contributed by atoms with E-state index >= 15 is 0 Å². The molecule has 0 radical (unpaired) electrons. The van der Waals surface area contributed by atoms with E-state index in [4.69, 9.17) is 4.74 Å². The van der Waals surface area contributed by atoms with Crippen LogP contribution in [0.4, 0.5) is 0 Å². The average molecular weight is 693 g/mol. The second kappa shape index (κ2) is 12.6. The third-order valence-electron chi connectivity index (χ3n) is 9.24. The summed E-state index contributed by atoms with van der Waals surface area (Å²) >= 11 is -2.03. The number of hydrogen-bond acceptors (Lipinski definition) is 1. The van der Waals surface area contributed by atoms with E-state index in [1.54, 1.807) is 0 Å². The van der Waals surface area contributed by atoms with E-state index in [0.29, 0.717) is 0 Å². The van der Waals surface area contributed by atoms with Gasteiger partial charge in [-0.25, -0.2) is 0 Å². The summed E-state index contributed by atoms with van der Waals surface area (Å²) in [5, 5.41) is 3.95. The molecule has 6 aromatic carbocycles. The van der Waals surface area contributed by atoms with Gasteiger partial charge < -0.3 is 0 Å². The van der Waals surface area contributed by atoms with Crippen LogP contribution in [0.2, 0.25) is 0 Å². The number of hydrogen-bond donors (Lipinski definition) is 0. The van der Waals surface area contributed by atoms with Crippen LogP contribution in [0, 0.1) is 6.92 Å². The van der Waals surface area contributed by atoms with Crippen molar-refractivity contribution >= 4 is 51.5 Å². The van der Waals surface area contributed by atoms with Crippen LogP contribution in [-0.2, 0) is 10.8 Å². The zero-order chi connectivity index (χ0) is 32.8. The number of rotatable bonds is 6. The predicted octanol–water partition coefficient (Wildman–Crippen LogP) is 8.00. The van der Waals surface area contributed by atoms with Crippen molar-refractivity contribution in [3.05, 3.63) is 168 Å². The van der Waals surface area contributed by atoms with Crippen LogP contribution in [0.1, 0.15) is 56.9 Å². The number of benzene rings is 6. The molecule has 0 aromatic heterocycles. The van der Waals surface area contributed by atoms with Crippen molar-refractivity contribution < 1.29 is 4.74 Å². The summed E-state index contributed by atoms with van der Waals surface area (Å²) < 4.78 is 11.7. The van der Waals surface area contributed by atoms with Gasteiger partial charge in [-0.3, -0.25) is 0 Å². The van der Waals surface area contributed by atoms with E-state index in [-0.39, 0.29) is 10.8 Å². The Morgan fingerprint density at radius 3 is 1.53 bits per heavy atom. The van der Waals surface area contributed by atoms with Crippen LogP contribution in [-0.4, -0.2) is 14.7 Å². The SMILES string of the molecule is Cc1cc(P(c2ccccc2)c2ccccc2)c2c(c1)C(C)(C)c1cc(C(C)(C)C)cc([As](c3ccccc3)c3ccccc3)c1O2. The van der Waals surface area contributed by atoms with E-state index in [1.165, 1.54) is 51.2 Å². The van der Waals surface area contributed by atoms with Gasteiger partial charge in [-0.15, -0.1) is 0 Å². The van der Waals surface area contributed by atoms with Crippen molar-refractivity contribution in [2.24, 2.45) is 0 Å². The molecule has 0 bridgehead atoms. The zero-order valence-corrected chi connectivity index (χ0v) is 30.9. The maximum absolute atomic E-state index is 7.50. The Hall–Kier alpha value is -3.89. The van der Waals surface area contributed by atoms with Crippen LogP contribution in [0.25, 0.3) is 0 Å². The number of ether oxygens (including phenoxy) is 1. The summed E-state index contributed by atoms with van der Waals surface area (Å²) in [5.41, 5.74) is 4.92. The molecule has 47 heavy (non-hydrogen) atoms. The molecule has 0 spiro atoms. The van der Waals surface area contributed by atoms with Gasteiger partial charge in [0.2, 0.25) is 0 Å². The van der Waals surface area contributed by atoms with Crippen molar-refractivity contribution in [2.45, 2.75) is 52.4 Å². The van der Waals surface area contributed by atoms with Crippen LogP contribution >= 0.6 is 7.92 Å². The van der Waals surface area contributed by atoms with Crippen molar-refractivity contribution in [2.75, 3.05) is 0 Å². The molecular weight excluding hydrogens is 650 g/mol. The molecule has 6 aromatic rings. The fourth-order valence-electron chi connectivity index (χ4n) is 6.69. The van der Waals surface area contributed by atoms with Gasteiger partial charge in [-0.1, -0.05) is 0 Å². The first-order chi connectivity index (χ1) is 22.6. The molecule has 7 rings (SSSR count). The van der Waals surface area contributed by atoms with Gasteiger partial charge in [0.25, 0.3) is 0 Å². The fourth-order valence-corrected chi connectivity index (χ4v) is 14.3. The third kappa shape index (κ3) is 6.02. The van der Waals surface area contributed by atoms with E-state index in [2.05, 4.69) is 187 Å². The summed E-state index contributed by atoms with van der Waals surface area (Å²) in [5.74, 6) is 2.09. The molecule has 0 fully saturated rings. The second-order valence-corrected chi connectivity index (χ2v) is 20.8. The van der Waals surface area contributed by atoms with E-state index in [1.807, 2.05) is 0 Å². The fraction of sp³-hybridized carbons (Fsp3) is 0.182. The molecule has 1 aliphatic heterocycles. The molecule has 1 aliphatic rings. The third-order valence-corrected chi connectivity index (χ3v) is 16.8. The first kappa shape index (κ1) is 31.7. The zero-order valence-electron chi connectivity index (χ0n) is 28.2. The molecule has 0 N–H and O–H groups in total. The molecule has 1 nitrogen and oxygen atoms in total. The number of fused-ring (bicyclic) bond motifs is 2. The van der Waals surface area contributed by atoms with Crippen molar-refractivity contribution in [3.8, 4) is 11.5 Å². The minimum atomic E-state index is -2.03. The minimum absolute atomic E-state index is 0.0136. The van der Waals surface area contributed by atoms with Crippen molar-refractivity contribution in [3.63, 3.8) is 0 Å². The standard InChI is InChI=1S/C44H42AsOP/c1-31-27-37-42(40(28-31)47(35-23-15-9-16-24-35)36-25-17-10-18-26-36)46-41-38(44(37,5)6)29-32(43(2,3)4)30-39(41)45(33-19-11-7-12-20-33)34-21-13-8-14-22-34/h7-30H,1-6H3. The molecular formula is C44H42AsOP. The molecule has 0 aliphatic carbocycles. The Labute approximate surface area is 286 Å². The Balaban J connectivity index is 1.53. The first-order valence-electron chi connectivity index (χ1n) is 16.5. The normalized spacial score (nSPS) is 13.6. The number of aryl methyl sites for hydroxylation is 1. The van der Waals surface area contributed by atoms with Gasteiger partial charge >= 0.3 is 288 Å². The predicted molar refractivity (Wildman–Crippen MR) is 205 cm³/mol. The van der Waals surface area contributed by atoms with Gasteiger partial charge in [-0.05, 0) is 0 Å². The maximum atomic E-state index is 7.50. The van der Waals surface area contributed by atoms with E-state index in [0.717, 1.165) is 11.5 Å². The molecule has 0 saturated carbocycles. The van der Waals surface area contributed by atoms with Gasteiger partial charge in [0.15, 0.2) is 0 Å². The van der Waals surface area contributed by atoms with Crippen molar-refractivity contribution in [1.29, 1.82) is 0 Å².